The molecule has 58 valence electrons. The average Bonchev–Trinajstić information content (AvgIpc) is 1.76. The summed E-state index contributed by atoms with van der Waals surface area (Å²) >= 11 is 0. The van der Waals surface area contributed by atoms with Gasteiger partial charge in [-0.1, -0.05) is 6.42 Å². The van der Waals surface area contributed by atoms with Crippen LogP contribution >= 0.6 is 0 Å². The minimum absolute atomic E-state index is 0.284. The number of nitrogens with two attached hydrogens (primary N) is 1. The number of hydrogen-bond acceptors (Lipinski definition) is 2. The Morgan fingerprint density at radius 3 is 2.40 bits per heavy atom. The third-order valence-electron chi connectivity index (χ3n) is 2.29. The lowest BCUT2D eigenvalue weighted by atomic mass is 9.76. The van der Waals surface area contributed by atoms with Crippen molar-refractivity contribution in [1.82, 2.24) is 0 Å². The van der Waals surface area contributed by atoms with Gasteiger partial charge in [-0.15, -0.1) is 0 Å². The standard InChI is InChI=1S/C7H13NO2/c8-4-6(7(9)10)5-2-1-3-5/h5-6H,1-4,8H2,(H,9,10)/t6-/m1/s1. The minimum atomic E-state index is -0.729. The van der Waals surface area contributed by atoms with E-state index in [9.17, 15) is 4.79 Å². The lowest BCUT2D eigenvalue weighted by molar-refractivity contribution is -0.144. The maximum atomic E-state index is 10.5. The molecule has 3 N–H and O–H groups in total. The lowest BCUT2D eigenvalue weighted by Crippen LogP contribution is -2.34. The fourth-order valence-corrected chi connectivity index (χ4v) is 1.34. The van der Waals surface area contributed by atoms with Crippen molar-refractivity contribution in [1.29, 1.82) is 0 Å². The van der Waals surface area contributed by atoms with Gasteiger partial charge in [0.2, 0.25) is 0 Å². The normalized spacial score (nSPS) is 21.7. The molecule has 0 aromatic carbocycles. The number of rotatable bonds is 3. The first-order chi connectivity index (χ1) is 4.75. The number of aliphatic carboxylic acids is 1. The van der Waals surface area contributed by atoms with Crippen molar-refractivity contribution in [3.8, 4) is 0 Å². The first kappa shape index (κ1) is 7.54. The van der Waals surface area contributed by atoms with Gasteiger partial charge in [-0.05, 0) is 18.8 Å². The molecule has 3 nitrogen and oxygen atoms in total. The van der Waals surface area contributed by atoms with Gasteiger partial charge in [0.25, 0.3) is 0 Å². The lowest BCUT2D eigenvalue weighted by Gasteiger charge is -2.30. The van der Waals surface area contributed by atoms with E-state index in [1.54, 1.807) is 0 Å². The van der Waals surface area contributed by atoms with Crippen LogP contribution in [-0.4, -0.2) is 17.6 Å². The Hall–Kier alpha value is -0.570. The van der Waals surface area contributed by atoms with Crippen LogP contribution in [0, 0.1) is 11.8 Å². The van der Waals surface area contributed by atoms with Crippen molar-refractivity contribution < 1.29 is 9.90 Å². The van der Waals surface area contributed by atoms with Gasteiger partial charge in [-0.2, -0.15) is 0 Å². The van der Waals surface area contributed by atoms with Crippen LogP contribution in [0.4, 0.5) is 0 Å². The van der Waals surface area contributed by atoms with Crippen LogP contribution in [-0.2, 0) is 4.79 Å². The van der Waals surface area contributed by atoms with E-state index in [4.69, 9.17) is 10.8 Å². The van der Waals surface area contributed by atoms with E-state index in [1.165, 1.54) is 6.42 Å². The van der Waals surface area contributed by atoms with Gasteiger partial charge in [0.05, 0.1) is 5.92 Å². The average molecular weight is 143 g/mol. The molecule has 0 aromatic heterocycles. The zero-order valence-corrected chi connectivity index (χ0v) is 5.92. The van der Waals surface area contributed by atoms with Crippen LogP contribution in [0.5, 0.6) is 0 Å². The third kappa shape index (κ3) is 1.29. The molecular formula is C7H13NO2. The van der Waals surface area contributed by atoms with Gasteiger partial charge < -0.3 is 10.8 Å². The predicted molar refractivity (Wildman–Crippen MR) is 37.5 cm³/mol. The van der Waals surface area contributed by atoms with E-state index in [-0.39, 0.29) is 5.92 Å². The van der Waals surface area contributed by atoms with Gasteiger partial charge in [0, 0.05) is 6.54 Å². The smallest absolute Gasteiger partial charge is 0.308 e. The monoisotopic (exact) mass is 143 g/mol. The molecule has 0 aromatic rings. The van der Waals surface area contributed by atoms with Gasteiger partial charge in [0.1, 0.15) is 0 Å². The highest BCUT2D eigenvalue weighted by Crippen LogP contribution is 2.32. The molecule has 0 radical (unpaired) electrons. The predicted octanol–water partition coefficient (Wildman–Crippen LogP) is 0.446. The molecular weight excluding hydrogens is 130 g/mol. The van der Waals surface area contributed by atoms with E-state index >= 15 is 0 Å². The second-order valence-electron chi connectivity index (χ2n) is 2.87. The molecule has 1 rings (SSSR count). The summed E-state index contributed by atoms with van der Waals surface area (Å²) in [5.74, 6) is -0.650. The Balaban J connectivity index is 2.39. The van der Waals surface area contributed by atoms with Crippen LogP contribution in [0.3, 0.4) is 0 Å². The second-order valence-corrected chi connectivity index (χ2v) is 2.87. The summed E-state index contributed by atoms with van der Waals surface area (Å²) in [5.41, 5.74) is 5.30. The molecule has 0 spiro atoms. The second kappa shape index (κ2) is 3.01. The van der Waals surface area contributed by atoms with Crippen molar-refractivity contribution in [2.24, 2.45) is 17.6 Å². The van der Waals surface area contributed by atoms with E-state index in [1.807, 2.05) is 0 Å². The maximum absolute atomic E-state index is 10.5. The molecule has 0 heterocycles. The van der Waals surface area contributed by atoms with Crippen molar-refractivity contribution in [3.05, 3.63) is 0 Å². The largest absolute Gasteiger partial charge is 0.481 e. The molecule has 1 atom stereocenters. The zero-order valence-electron chi connectivity index (χ0n) is 5.92. The van der Waals surface area contributed by atoms with Crippen LogP contribution in [0.25, 0.3) is 0 Å². The Morgan fingerprint density at radius 2 is 2.30 bits per heavy atom. The molecule has 1 aliphatic rings. The summed E-state index contributed by atoms with van der Waals surface area (Å²) in [7, 11) is 0. The summed E-state index contributed by atoms with van der Waals surface area (Å²) in [4.78, 5) is 10.5. The minimum Gasteiger partial charge on any atom is -0.481 e. The number of carboxylic acid groups (broad SMARTS) is 1. The Labute approximate surface area is 60.2 Å². The summed E-state index contributed by atoms with van der Waals surface area (Å²) in [5, 5.41) is 8.63. The quantitative estimate of drug-likeness (QED) is 0.602. The summed E-state index contributed by atoms with van der Waals surface area (Å²) < 4.78 is 0. The molecule has 0 aliphatic heterocycles. The summed E-state index contributed by atoms with van der Waals surface area (Å²) in [6.45, 7) is 0.292. The van der Waals surface area contributed by atoms with Gasteiger partial charge >= 0.3 is 5.97 Å². The van der Waals surface area contributed by atoms with Crippen LogP contribution < -0.4 is 5.73 Å². The number of carboxylic acids is 1. The van der Waals surface area contributed by atoms with Crippen molar-refractivity contribution in [2.75, 3.05) is 6.54 Å². The Morgan fingerprint density at radius 1 is 1.70 bits per heavy atom. The zero-order chi connectivity index (χ0) is 7.56. The van der Waals surface area contributed by atoms with Crippen molar-refractivity contribution >= 4 is 5.97 Å². The topological polar surface area (TPSA) is 63.3 Å². The van der Waals surface area contributed by atoms with Gasteiger partial charge in [0.15, 0.2) is 0 Å². The molecule has 0 saturated heterocycles. The molecule has 1 aliphatic carbocycles. The van der Waals surface area contributed by atoms with E-state index < -0.39 is 5.97 Å². The van der Waals surface area contributed by atoms with Gasteiger partial charge in [-0.3, -0.25) is 4.79 Å². The highest BCUT2D eigenvalue weighted by molar-refractivity contribution is 5.70. The molecule has 0 bridgehead atoms. The Bertz CT molecular complexity index is 132. The molecule has 1 fully saturated rings. The van der Waals surface area contributed by atoms with Crippen LogP contribution in [0.1, 0.15) is 19.3 Å². The first-order valence-electron chi connectivity index (χ1n) is 3.68. The SMILES string of the molecule is NC[C@@H](C(=O)O)C1CCC1. The highest BCUT2D eigenvalue weighted by Gasteiger charge is 2.30. The van der Waals surface area contributed by atoms with E-state index in [0.717, 1.165) is 12.8 Å². The van der Waals surface area contributed by atoms with Crippen LogP contribution in [0.2, 0.25) is 0 Å². The van der Waals surface area contributed by atoms with Crippen molar-refractivity contribution in [3.63, 3.8) is 0 Å². The maximum Gasteiger partial charge on any atom is 0.308 e. The van der Waals surface area contributed by atoms with Gasteiger partial charge in [-0.25, -0.2) is 0 Å². The molecule has 0 unspecified atom stereocenters. The first-order valence-corrected chi connectivity index (χ1v) is 3.68. The summed E-state index contributed by atoms with van der Waals surface area (Å²) in [6, 6.07) is 0. The summed E-state index contributed by atoms with van der Waals surface area (Å²) in [6.07, 6.45) is 3.27. The highest BCUT2D eigenvalue weighted by atomic mass is 16.4. The third-order valence-corrected chi connectivity index (χ3v) is 2.29. The molecule has 0 amide bonds. The van der Waals surface area contributed by atoms with Crippen molar-refractivity contribution in [2.45, 2.75) is 19.3 Å². The van der Waals surface area contributed by atoms with E-state index in [0.29, 0.717) is 12.5 Å². The molecule has 3 heteroatoms. The number of hydrogen-bond donors (Lipinski definition) is 2. The van der Waals surface area contributed by atoms with E-state index in [2.05, 4.69) is 0 Å². The van der Waals surface area contributed by atoms with Crippen LogP contribution in [0.15, 0.2) is 0 Å². The molecule has 10 heavy (non-hydrogen) atoms. The molecule has 1 saturated carbocycles. The number of carbonyl (C=O) groups is 1. The Kier molecular flexibility index (Phi) is 2.27. The fraction of sp³-hybridized carbons (Fsp3) is 0.857. The fourth-order valence-electron chi connectivity index (χ4n) is 1.34.